The normalized spacial score (nSPS) is 23.1. The summed E-state index contributed by atoms with van der Waals surface area (Å²) in [4.78, 5) is 54.1. The summed E-state index contributed by atoms with van der Waals surface area (Å²) in [5.41, 5.74) is 0. The zero-order valence-corrected chi connectivity index (χ0v) is 39.1. The molecule has 1 saturated carbocycles. The van der Waals surface area contributed by atoms with Gasteiger partial charge in [0.15, 0.2) is 6.10 Å². The Morgan fingerprint density at radius 1 is 0.594 bits per heavy atom. The summed E-state index contributed by atoms with van der Waals surface area (Å²) in [5, 5.41) is 50.9. The second-order valence-corrected chi connectivity index (χ2v) is 17.8. The standard InChI is InChI=1S/C45H74O17P2/c1-3-5-7-8-9-10-11-12-16-19-22-25-28-32-38(47)58-34-37(35-59-64(56,57)62-45-42(51)40(49)41(50)44(43(45)52)61-63(53,54)55)60-39(48)33-29-26-23-20-17-14-13-15-18-21-24-27-31-36(46)30-6-4-2/h6-8,10-11,13-14,18,20-21,23-24,27,30,36-37,40-46,49-52H,3-5,9,12,15-17,19,22,25-26,28-29,31-35H2,1-2H3,(H,56,57)(H2,53,54,55)/b8-7-,11-10-,14-13-,21-18-,23-20-,27-24+,30-6-/t36?,37-,40?,41?,42?,43?,44-,45+/m1/s1. The molecule has 0 bridgehead atoms. The average molecular weight is 949 g/mol. The molecule has 1 fully saturated rings. The molecule has 19 heteroatoms. The molecule has 1 rings (SSSR count). The maximum absolute atomic E-state index is 13.0. The van der Waals surface area contributed by atoms with Crippen molar-refractivity contribution in [3.63, 3.8) is 0 Å². The Labute approximate surface area is 378 Å². The van der Waals surface area contributed by atoms with E-state index in [1.807, 2.05) is 61.6 Å². The van der Waals surface area contributed by atoms with Crippen LogP contribution in [-0.4, -0.2) is 114 Å². The van der Waals surface area contributed by atoms with E-state index in [0.29, 0.717) is 32.1 Å². The van der Waals surface area contributed by atoms with E-state index in [0.717, 1.165) is 64.2 Å². The Hall–Kier alpha value is -2.86. The molecule has 0 radical (unpaired) electrons. The lowest BCUT2D eigenvalue weighted by atomic mass is 9.85. The second-order valence-electron chi connectivity index (χ2n) is 15.2. The van der Waals surface area contributed by atoms with Crippen molar-refractivity contribution in [3.05, 3.63) is 85.1 Å². The van der Waals surface area contributed by atoms with Gasteiger partial charge in [0.05, 0.1) is 12.7 Å². The zero-order chi connectivity index (χ0) is 47.6. The monoisotopic (exact) mass is 948 g/mol. The third-order valence-electron chi connectivity index (χ3n) is 9.51. The number of allylic oxidation sites excluding steroid dienone is 12. The first-order valence-electron chi connectivity index (χ1n) is 22.2. The summed E-state index contributed by atoms with van der Waals surface area (Å²) in [6.07, 6.45) is 24.7. The van der Waals surface area contributed by atoms with Crippen molar-refractivity contribution in [3.8, 4) is 0 Å². The quantitative estimate of drug-likeness (QED) is 0.0107. The highest BCUT2D eigenvalue weighted by atomic mass is 31.2. The van der Waals surface area contributed by atoms with E-state index in [1.165, 1.54) is 0 Å². The van der Waals surface area contributed by atoms with E-state index < -0.39 is 89.6 Å². The van der Waals surface area contributed by atoms with Crippen LogP contribution in [0.5, 0.6) is 0 Å². The molecule has 0 saturated heterocycles. The Morgan fingerprint density at radius 3 is 1.78 bits per heavy atom. The van der Waals surface area contributed by atoms with E-state index in [1.54, 1.807) is 6.08 Å². The molecule has 17 nitrogen and oxygen atoms in total. The Kier molecular flexibility index (Phi) is 32.7. The summed E-state index contributed by atoms with van der Waals surface area (Å²) < 4.78 is 49.2. The number of unbranched alkanes of at least 4 members (excludes halogenated alkanes) is 7. The number of carbonyl (C=O) groups excluding carboxylic acids is 2. The summed E-state index contributed by atoms with van der Waals surface area (Å²) in [7, 11) is -10.7. The van der Waals surface area contributed by atoms with Gasteiger partial charge in [-0.2, -0.15) is 0 Å². The van der Waals surface area contributed by atoms with Crippen LogP contribution in [0.3, 0.4) is 0 Å². The van der Waals surface area contributed by atoms with Gasteiger partial charge in [0.1, 0.15) is 43.2 Å². The number of rotatable bonds is 35. The van der Waals surface area contributed by atoms with Crippen molar-refractivity contribution in [2.24, 2.45) is 0 Å². The van der Waals surface area contributed by atoms with E-state index in [2.05, 4.69) is 35.8 Å². The van der Waals surface area contributed by atoms with Crippen LogP contribution in [0.1, 0.15) is 123 Å². The number of carbonyl (C=O) groups is 2. The third kappa shape index (κ3) is 29.6. The summed E-state index contributed by atoms with van der Waals surface area (Å²) in [6.45, 7) is 2.72. The highest BCUT2D eigenvalue weighted by Crippen LogP contribution is 2.49. The van der Waals surface area contributed by atoms with Crippen LogP contribution in [-0.2, 0) is 41.8 Å². The number of phosphoric acid groups is 2. The molecule has 0 amide bonds. The average Bonchev–Trinajstić information content (AvgIpc) is 3.24. The Morgan fingerprint density at radius 2 is 1.14 bits per heavy atom. The number of esters is 2. The van der Waals surface area contributed by atoms with Gasteiger partial charge in [-0.1, -0.05) is 125 Å². The van der Waals surface area contributed by atoms with Crippen molar-refractivity contribution in [1.29, 1.82) is 0 Å². The summed E-state index contributed by atoms with van der Waals surface area (Å²) >= 11 is 0. The minimum Gasteiger partial charge on any atom is -0.462 e. The molecule has 64 heavy (non-hydrogen) atoms. The van der Waals surface area contributed by atoms with Gasteiger partial charge >= 0.3 is 27.6 Å². The van der Waals surface area contributed by atoms with Gasteiger partial charge < -0.3 is 49.7 Å². The molecular weight excluding hydrogens is 874 g/mol. The van der Waals surface area contributed by atoms with Crippen molar-refractivity contribution in [2.75, 3.05) is 13.2 Å². The molecule has 1 aliphatic carbocycles. The maximum Gasteiger partial charge on any atom is 0.472 e. The molecule has 1 aliphatic rings. The zero-order valence-electron chi connectivity index (χ0n) is 37.3. The SMILES string of the molecule is CC/C=C\C(O)C/C=C/C=C\C/C=C\C/C=C\CCCC(=O)O[C@H](COC(=O)CCCCCCC/C=C\C/C=C\CCC)COP(=O)(O)O[C@H]1C(O)C(O)C(O)[C@@H](OP(=O)(O)O)C1O. The fraction of sp³-hybridized carbons (Fsp3) is 0.644. The lowest BCUT2D eigenvalue weighted by molar-refractivity contribution is -0.216. The van der Waals surface area contributed by atoms with Crippen molar-refractivity contribution in [2.45, 2.75) is 172 Å². The molecule has 0 spiro atoms. The van der Waals surface area contributed by atoms with Gasteiger partial charge in [-0.15, -0.1) is 0 Å². The number of ether oxygens (including phenoxy) is 2. The van der Waals surface area contributed by atoms with Crippen LogP contribution in [0.4, 0.5) is 0 Å². The number of hydrogen-bond acceptors (Lipinski definition) is 14. The molecule has 366 valence electrons. The van der Waals surface area contributed by atoms with Crippen LogP contribution >= 0.6 is 15.6 Å². The van der Waals surface area contributed by atoms with Crippen molar-refractivity contribution >= 4 is 27.6 Å². The van der Waals surface area contributed by atoms with Gasteiger partial charge in [0.2, 0.25) is 0 Å². The van der Waals surface area contributed by atoms with Gasteiger partial charge in [0.25, 0.3) is 0 Å². The number of hydrogen-bond donors (Lipinski definition) is 8. The minimum atomic E-state index is -5.38. The van der Waals surface area contributed by atoms with Crippen molar-refractivity contribution in [1.82, 2.24) is 0 Å². The largest absolute Gasteiger partial charge is 0.472 e. The topological polar surface area (TPSA) is 276 Å². The molecule has 9 atom stereocenters. The molecule has 0 aromatic heterocycles. The van der Waals surface area contributed by atoms with Crippen LogP contribution in [0.2, 0.25) is 0 Å². The van der Waals surface area contributed by atoms with E-state index in [9.17, 15) is 49.1 Å². The molecule has 0 aromatic rings. The molecule has 8 N–H and O–H groups in total. The molecule has 0 aromatic carbocycles. The van der Waals surface area contributed by atoms with Gasteiger partial charge in [-0.3, -0.25) is 23.2 Å². The predicted octanol–water partition coefficient (Wildman–Crippen LogP) is 6.80. The number of aliphatic hydroxyl groups is 5. The Bertz CT molecular complexity index is 1590. The van der Waals surface area contributed by atoms with Crippen LogP contribution in [0.25, 0.3) is 0 Å². The highest BCUT2D eigenvalue weighted by Gasteiger charge is 2.54. The van der Waals surface area contributed by atoms with Crippen LogP contribution < -0.4 is 0 Å². The minimum absolute atomic E-state index is 0.0599. The van der Waals surface area contributed by atoms with Gasteiger partial charge in [-0.25, -0.2) is 9.13 Å². The van der Waals surface area contributed by atoms with Crippen LogP contribution in [0.15, 0.2) is 85.1 Å². The first-order chi connectivity index (χ1) is 30.5. The maximum atomic E-state index is 13.0. The van der Waals surface area contributed by atoms with E-state index in [-0.39, 0.29) is 12.8 Å². The lowest BCUT2D eigenvalue weighted by Crippen LogP contribution is -2.64. The fourth-order valence-electron chi connectivity index (χ4n) is 6.06. The van der Waals surface area contributed by atoms with Gasteiger partial charge in [-0.05, 0) is 70.6 Å². The summed E-state index contributed by atoms with van der Waals surface area (Å²) in [6, 6.07) is 0. The van der Waals surface area contributed by atoms with Gasteiger partial charge in [0, 0.05) is 12.8 Å². The molecule has 0 aliphatic heterocycles. The van der Waals surface area contributed by atoms with Crippen LogP contribution in [0, 0.1) is 0 Å². The predicted molar refractivity (Wildman–Crippen MR) is 242 cm³/mol. The van der Waals surface area contributed by atoms with E-state index >= 15 is 0 Å². The molecule has 0 heterocycles. The second kappa shape index (κ2) is 35.3. The Balaban J connectivity index is 2.70. The van der Waals surface area contributed by atoms with Crippen molar-refractivity contribution < 1.29 is 82.0 Å². The first-order valence-corrected chi connectivity index (χ1v) is 25.3. The smallest absolute Gasteiger partial charge is 0.462 e. The number of aliphatic hydroxyl groups excluding tert-OH is 5. The third-order valence-corrected chi connectivity index (χ3v) is 11.0. The highest BCUT2D eigenvalue weighted by molar-refractivity contribution is 7.47. The molecular formula is C45H74O17P2. The van der Waals surface area contributed by atoms with E-state index in [4.69, 9.17) is 28.3 Å². The lowest BCUT2D eigenvalue weighted by Gasteiger charge is -2.43. The molecule has 6 unspecified atom stereocenters. The summed E-state index contributed by atoms with van der Waals surface area (Å²) in [5.74, 6) is -1.32. The fourth-order valence-corrected chi connectivity index (χ4v) is 7.60. The number of phosphoric ester groups is 2. The first kappa shape index (κ1) is 59.2.